The fraction of sp³-hybridized carbons (Fsp3) is 0.938. The van der Waals surface area contributed by atoms with Gasteiger partial charge in [0, 0.05) is 13.1 Å². The number of hydrogen-bond donors (Lipinski definition) is 2. The van der Waals surface area contributed by atoms with E-state index in [2.05, 4.69) is 24.1 Å². The van der Waals surface area contributed by atoms with Crippen molar-refractivity contribution in [1.29, 1.82) is 0 Å². The number of amides is 1. The van der Waals surface area contributed by atoms with Crippen molar-refractivity contribution in [3.63, 3.8) is 0 Å². The summed E-state index contributed by atoms with van der Waals surface area (Å²) in [5, 5.41) is 3.51. The van der Waals surface area contributed by atoms with Crippen LogP contribution in [0, 0.1) is 11.8 Å². The average molecular weight is 281 g/mol. The molecule has 0 bridgehead atoms. The van der Waals surface area contributed by atoms with E-state index in [0.717, 1.165) is 57.8 Å². The van der Waals surface area contributed by atoms with Crippen molar-refractivity contribution in [2.45, 2.75) is 57.9 Å². The summed E-state index contributed by atoms with van der Waals surface area (Å²) in [6, 6.07) is 0. The highest BCUT2D eigenvalue weighted by Gasteiger charge is 2.50. The zero-order chi connectivity index (χ0) is 14.6. The van der Waals surface area contributed by atoms with Crippen LogP contribution in [0.15, 0.2) is 0 Å². The second-order valence-electron chi connectivity index (χ2n) is 6.72. The lowest BCUT2D eigenvalue weighted by Crippen LogP contribution is -2.63. The molecule has 1 amide bonds. The van der Waals surface area contributed by atoms with Gasteiger partial charge in [0.25, 0.3) is 0 Å². The largest absolute Gasteiger partial charge is 0.368 e. The molecule has 116 valence electrons. The molecule has 0 radical (unpaired) electrons. The fourth-order valence-electron chi connectivity index (χ4n) is 3.19. The molecule has 3 N–H and O–H groups in total. The van der Waals surface area contributed by atoms with Crippen molar-refractivity contribution >= 4 is 5.91 Å². The highest BCUT2D eigenvalue weighted by atomic mass is 16.1. The first kappa shape index (κ1) is 15.8. The van der Waals surface area contributed by atoms with Crippen molar-refractivity contribution < 1.29 is 4.79 Å². The molecule has 1 atom stereocenters. The molecule has 4 heteroatoms. The summed E-state index contributed by atoms with van der Waals surface area (Å²) in [6.45, 7) is 8.25. The molecule has 2 fully saturated rings. The molecule has 2 saturated carbocycles. The maximum absolute atomic E-state index is 12.2. The summed E-state index contributed by atoms with van der Waals surface area (Å²) in [4.78, 5) is 14.7. The number of primary amides is 1. The predicted octanol–water partition coefficient (Wildman–Crippen LogP) is 1.74. The van der Waals surface area contributed by atoms with Crippen LogP contribution in [0.5, 0.6) is 0 Å². The molecule has 1 unspecified atom stereocenters. The number of carbonyl (C=O) groups excluding carboxylic acids is 1. The summed E-state index contributed by atoms with van der Waals surface area (Å²) in [5.41, 5.74) is 5.33. The lowest BCUT2D eigenvalue weighted by atomic mass is 9.90. The minimum absolute atomic E-state index is 0.148. The lowest BCUT2D eigenvalue weighted by Gasteiger charge is -2.37. The molecule has 0 aromatic carbocycles. The van der Waals surface area contributed by atoms with E-state index in [1.54, 1.807) is 0 Å². The minimum atomic E-state index is -0.486. The smallest absolute Gasteiger partial charge is 0.239 e. The standard InChI is InChI=1S/C16H31N3O/c1-3-9-18-16(15(17)20,14-7-8-14)12-19(10-4-2)11-13-5-6-13/h13-14,18H,3-12H2,1-2H3,(H2,17,20). The molecule has 0 aliphatic heterocycles. The Hall–Kier alpha value is -0.610. The molecule has 2 rings (SSSR count). The van der Waals surface area contributed by atoms with E-state index in [1.807, 2.05) is 0 Å². The Morgan fingerprint density at radius 3 is 2.40 bits per heavy atom. The second kappa shape index (κ2) is 6.90. The van der Waals surface area contributed by atoms with Gasteiger partial charge in [0.2, 0.25) is 5.91 Å². The second-order valence-corrected chi connectivity index (χ2v) is 6.72. The van der Waals surface area contributed by atoms with E-state index >= 15 is 0 Å². The first-order valence-corrected chi connectivity index (χ1v) is 8.39. The topological polar surface area (TPSA) is 58.4 Å². The van der Waals surface area contributed by atoms with Crippen molar-refractivity contribution in [2.24, 2.45) is 17.6 Å². The SMILES string of the molecule is CCCNC(CN(CCC)CC1CC1)(C(N)=O)C1CC1. The van der Waals surface area contributed by atoms with Crippen LogP contribution < -0.4 is 11.1 Å². The molecule has 0 saturated heterocycles. The van der Waals surface area contributed by atoms with Gasteiger partial charge in [0.1, 0.15) is 5.54 Å². The van der Waals surface area contributed by atoms with E-state index in [1.165, 1.54) is 12.8 Å². The van der Waals surface area contributed by atoms with Gasteiger partial charge in [-0.3, -0.25) is 4.79 Å². The number of carbonyl (C=O) groups is 1. The van der Waals surface area contributed by atoms with E-state index in [4.69, 9.17) is 5.73 Å². The van der Waals surface area contributed by atoms with Gasteiger partial charge < -0.3 is 16.0 Å². The van der Waals surface area contributed by atoms with Gasteiger partial charge in [-0.25, -0.2) is 0 Å². The van der Waals surface area contributed by atoms with Crippen LogP contribution in [0.25, 0.3) is 0 Å². The molecule has 0 heterocycles. The number of nitrogens with zero attached hydrogens (tertiary/aromatic N) is 1. The highest BCUT2D eigenvalue weighted by molar-refractivity contribution is 5.86. The van der Waals surface area contributed by atoms with Gasteiger partial charge in [0.05, 0.1) is 0 Å². The maximum atomic E-state index is 12.2. The van der Waals surface area contributed by atoms with Crippen LogP contribution in [0.1, 0.15) is 52.4 Å². The van der Waals surface area contributed by atoms with Crippen LogP contribution in [-0.4, -0.2) is 42.5 Å². The van der Waals surface area contributed by atoms with E-state index in [0.29, 0.717) is 5.92 Å². The lowest BCUT2D eigenvalue weighted by molar-refractivity contribution is -0.126. The number of rotatable bonds is 11. The third-order valence-electron chi connectivity index (χ3n) is 4.63. The quantitative estimate of drug-likeness (QED) is 0.606. The van der Waals surface area contributed by atoms with Gasteiger partial charge >= 0.3 is 0 Å². The molecular formula is C16H31N3O. The van der Waals surface area contributed by atoms with Gasteiger partial charge in [-0.05, 0) is 63.5 Å². The first-order chi connectivity index (χ1) is 9.62. The first-order valence-electron chi connectivity index (χ1n) is 8.39. The van der Waals surface area contributed by atoms with Crippen molar-refractivity contribution in [3.8, 4) is 0 Å². The van der Waals surface area contributed by atoms with Gasteiger partial charge in [0.15, 0.2) is 0 Å². The van der Waals surface area contributed by atoms with Crippen molar-refractivity contribution in [1.82, 2.24) is 10.2 Å². The van der Waals surface area contributed by atoms with E-state index < -0.39 is 5.54 Å². The minimum Gasteiger partial charge on any atom is -0.368 e. The zero-order valence-electron chi connectivity index (χ0n) is 13.2. The molecule has 2 aliphatic rings. The van der Waals surface area contributed by atoms with Crippen molar-refractivity contribution in [3.05, 3.63) is 0 Å². The number of nitrogens with one attached hydrogen (secondary N) is 1. The monoisotopic (exact) mass is 281 g/mol. The Morgan fingerprint density at radius 1 is 1.25 bits per heavy atom. The predicted molar refractivity (Wildman–Crippen MR) is 82.4 cm³/mol. The number of hydrogen-bond acceptors (Lipinski definition) is 3. The van der Waals surface area contributed by atoms with Crippen LogP contribution in [-0.2, 0) is 4.79 Å². The van der Waals surface area contributed by atoms with E-state index in [9.17, 15) is 4.79 Å². The summed E-state index contributed by atoms with van der Waals surface area (Å²) in [5.74, 6) is 1.16. The molecule has 20 heavy (non-hydrogen) atoms. The van der Waals surface area contributed by atoms with Gasteiger partial charge in [-0.15, -0.1) is 0 Å². The maximum Gasteiger partial charge on any atom is 0.239 e. The third-order valence-corrected chi connectivity index (χ3v) is 4.63. The Morgan fingerprint density at radius 2 is 1.95 bits per heavy atom. The van der Waals surface area contributed by atoms with Gasteiger partial charge in [-0.2, -0.15) is 0 Å². The summed E-state index contributed by atoms with van der Waals surface area (Å²) in [7, 11) is 0. The average Bonchev–Trinajstić information content (AvgIpc) is 3.26. The fourth-order valence-corrected chi connectivity index (χ4v) is 3.19. The number of nitrogens with two attached hydrogens (primary N) is 1. The Bertz CT molecular complexity index is 326. The normalized spacial score (nSPS) is 21.9. The molecular weight excluding hydrogens is 250 g/mol. The third kappa shape index (κ3) is 3.95. The molecule has 0 spiro atoms. The highest BCUT2D eigenvalue weighted by Crippen LogP contribution is 2.41. The van der Waals surface area contributed by atoms with Crippen LogP contribution in [0.3, 0.4) is 0 Å². The molecule has 0 aromatic heterocycles. The Kier molecular flexibility index (Phi) is 5.44. The molecule has 0 aromatic rings. The van der Waals surface area contributed by atoms with Gasteiger partial charge in [-0.1, -0.05) is 13.8 Å². The molecule has 2 aliphatic carbocycles. The zero-order valence-corrected chi connectivity index (χ0v) is 13.2. The van der Waals surface area contributed by atoms with Crippen LogP contribution in [0.2, 0.25) is 0 Å². The van der Waals surface area contributed by atoms with Crippen molar-refractivity contribution in [2.75, 3.05) is 26.2 Å². The van der Waals surface area contributed by atoms with Crippen LogP contribution in [0.4, 0.5) is 0 Å². The summed E-state index contributed by atoms with van der Waals surface area (Å²) >= 11 is 0. The summed E-state index contributed by atoms with van der Waals surface area (Å²) in [6.07, 6.45) is 7.18. The van der Waals surface area contributed by atoms with E-state index in [-0.39, 0.29) is 5.91 Å². The Balaban J connectivity index is 2.04. The Labute approximate surface area is 123 Å². The van der Waals surface area contributed by atoms with Crippen LogP contribution >= 0.6 is 0 Å². The summed E-state index contributed by atoms with van der Waals surface area (Å²) < 4.78 is 0. The molecule has 4 nitrogen and oxygen atoms in total.